The Bertz CT molecular complexity index is 840. The predicted octanol–water partition coefficient (Wildman–Crippen LogP) is 3.41. The standard InChI is InChI=1S/C21H25N3O6/c1-21(2)19(23(25)26)17(13-5-9-15(29-3)10-6-13)22-18(20(21)24(27)28)14-7-11-16(30-4)12-8-14/h5-12,17-20,22H,1-4H3/t17-,18+,19-,20+. The summed E-state index contributed by atoms with van der Waals surface area (Å²) in [7, 11) is 3.08. The van der Waals surface area contributed by atoms with Gasteiger partial charge in [-0.2, -0.15) is 0 Å². The molecule has 9 heteroatoms. The number of nitro groups is 2. The molecule has 1 aliphatic heterocycles. The van der Waals surface area contributed by atoms with E-state index in [1.165, 1.54) is 14.2 Å². The molecule has 0 saturated carbocycles. The van der Waals surface area contributed by atoms with Crippen LogP contribution in [0, 0.1) is 25.6 Å². The van der Waals surface area contributed by atoms with Crippen LogP contribution in [0.2, 0.25) is 0 Å². The molecule has 1 fully saturated rings. The van der Waals surface area contributed by atoms with Gasteiger partial charge in [-0.1, -0.05) is 24.3 Å². The van der Waals surface area contributed by atoms with Crippen LogP contribution in [-0.2, 0) is 0 Å². The van der Waals surface area contributed by atoms with Crippen LogP contribution in [0.4, 0.5) is 0 Å². The maximum absolute atomic E-state index is 12.1. The van der Waals surface area contributed by atoms with Crippen molar-refractivity contribution in [2.24, 2.45) is 5.41 Å². The van der Waals surface area contributed by atoms with E-state index in [9.17, 15) is 20.2 Å². The Kier molecular flexibility index (Phi) is 5.93. The summed E-state index contributed by atoms with van der Waals surface area (Å²) in [5.41, 5.74) is 0.115. The number of hydrogen-bond acceptors (Lipinski definition) is 7. The Morgan fingerprint density at radius 3 is 1.37 bits per heavy atom. The fraction of sp³-hybridized carbons (Fsp3) is 0.429. The number of nitrogens with zero attached hydrogens (tertiary/aromatic N) is 2. The molecule has 2 aromatic rings. The molecule has 0 bridgehead atoms. The van der Waals surface area contributed by atoms with Gasteiger partial charge in [-0.3, -0.25) is 25.5 Å². The number of methoxy groups -OCH3 is 2. The first kappa shape index (κ1) is 21.5. The number of nitrogens with one attached hydrogen (secondary N) is 1. The lowest BCUT2D eigenvalue weighted by Gasteiger charge is -2.44. The molecule has 0 radical (unpaired) electrons. The van der Waals surface area contributed by atoms with E-state index in [0.717, 1.165) is 0 Å². The predicted molar refractivity (Wildman–Crippen MR) is 110 cm³/mol. The molecule has 0 spiro atoms. The first-order chi connectivity index (χ1) is 14.2. The minimum Gasteiger partial charge on any atom is -0.497 e. The van der Waals surface area contributed by atoms with Gasteiger partial charge in [0.2, 0.25) is 12.1 Å². The maximum Gasteiger partial charge on any atom is 0.243 e. The minimum absolute atomic E-state index is 0.414. The third kappa shape index (κ3) is 3.80. The number of ether oxygens (including phenoxy) is 2. The van der Waals surface area contributed by atoms with Gasteiger partial charge in [0.15, 0.2) is 0 Å². The van der Waals surface area contributed by atoms with Crippen LogP contribution in [0.1, 0.15) is 37.1 Å². The van der Waals surface area contributed by atoms with E-state index in [0.29, 0.717) is 22.6 Å². The zero-order chi connectivity index (χ0) is 22.1. The Morgan fingerprint density at radius 1 is 0.767 bits per heavy atom. The highest BCUT2D eigenvalue weighted by atomic mass is 16.6. The molecule has 0 unspecified atom stereocenters. The van der Waals surface area contributed by atoms with Crippen molar-refractivity contribution in [2.75, 3.05) is 14.2 Å². The van der Waals surface area contributed by atoms with Gasteiger partial charge in [0.1, 0.15) is 29.0 Å². The molecule has 2 aromatic carbocycles. The second kappa shape index (κ2) is 8.27. The Labute approximate surface area is 174 Å². The molecule has 0 aliphatic carbocycles. The molecule has 0 aromatic heterocycles. The lowest BCUT2D eigenvalue weighted by atomic mass is 9.66. The van der Waals surface area contributed by atoms with Gasteiger partial charge >= 0.3 is 0 Å². The summed E-state index contributed by atoms with van der Waals surface area (Å²) in [6, 6.07) is 10.1. The molecule has 1 heterocycles. The molecule has 30 heavy (non-hydrogen) atoms. The Hall–Kier alpha value is -3.20. The van der Waals surface area contributed by atoms with Crippen LogP contribution in [0.5, 0.6) is 11.5 Å². The average molecular weight is 415 g/mol. The van der Waals surface area contributed by atoms with Gasteiger partial charge in [-0.15, -0.1) is 0 Å². The van der Waals surface area contributed by atoms with Crippen LogP contribution in [0.15, 0.2) is 48.5 Å². The zero-order valence-electron chi connectivity index (χ0n) is 17.3. The first-order valence-corrected chi connectivity index (χ1v) is 9.51. The summed E-state index contributed by atoms with van der Waals surface area (Å²) in [6.45, 7) is 3.20. The van der Waals surface area contributed by atoms with E-state index in [2.05, 4.69) is 5.32 Å². The second-order valence-electron chi connectivity index (χ2n) is 7.95. The SMILES string of the molecule is COc1ccc([C@H]2N[C@@H](c3ccc(OC)cc3)[C@H]([N+](=O)[O-])C(C)(C)[C@@H]2[N+](=O)[O-])cc1. The van der Waals surface area contributed by atoms with E-state index in [1.54, 1.807) is 62.4 Å². The van der Waals surface area contributed by atoms with Crippen molar-refractivity contribution in [3.8, 4) is 11.5 Å². The molecule has 160 valence electrons. The van der Waals surface area contributed by atoms with Gasteiger partial charge in [0.05, 0.1) is 14.2 Å². The number of hydrogen-bond donors (Lipinski definition) is 1. The Morgan fingerprint density at radius 2 is 1.10 bits per heavy atom. The van der Waals surface area contributed by atoms with Gasteiger partial charge < -0.3 is 9.47 Å². The van der Waals surface area contributed by atoms with Crippen molar-refractivity contribution in [1.82, 2.24) is 5.32 Å². The molecule has 3 rings (SSSR count). The minimum atomic E-state index is -1.23. The quantitative estimate of drug-likeness (QED) is 0.567. The van der Waals surface area contributed by atoms with E-state index in [4.69, 9.17) is 9.47 Å². The number of rotatable bonds is 6. The van der Waals surface area contributed by atoms with E-state index < -0.39 is 39.4 Å². The average Bonchev–Trinajstić information content (AvgIpc) is 2.71. The van der Waals surface area contributed by atoms with Crippen molar-refractivity contribution >= 4 is 0 Å². The number of piperidine rings is 1. The van der Waals surface area contributed by atoms with Crippen molar-refractivity contribution in [1.29, 1.82) is 0 Å². The highest BCUT2D eigenvalue weighted by Gasteiger charge is 2.62. The smallest absolute Gasteiger partial charge is 0.243 e. The largest absolute Gasteiger partial charge is 0.497 e. The first-order valence-electron chi connectivity index (χ1n) is 9.51. The molecule has 1 saturated heterocycles. The molecule has 1 aliphatic rings. The molecule has 4 atom stereocenters. The Balaban J connectivity index is 2.11. The molecule has 9 nitrogen and oxygen atoms in total. The molecular formula is C21H25N3O6. The number of benzene rings is 2. The normalized spacial score (nSPS) is 25.3. The van der Waals surface area contributed by atoms with Crippen LogP contribution in [0.25, 0.3) is 0 Å². The summed E-state index contributed by atoms with van der Waals surface area (Å²) >= 11 is 0. The van der Waals surface area contributed by atoms with Crippen LogP contribution < -0.4 is 14.8 Å². The van der Waals surface area contributed by atoms with E-state index >= 15 is 0 Å². The van der Waals surface area contributed by atoms with Gasteiger partial charge in [-0.05, 0) is 49.2 Å². The summed E-state index contributed by atoms with van der Waals surface area (Å²) in [6.07, 6.45) is 0. The molecular weight excluding hydrogens is 390 g/mol. The lowest BCUT2D eigenvalue weighted by molar-refractivity contribution is -0.605. The molecule has 0 amide bonds. The van der Waals surface area contributed by atoms with Gasteiger partial charge in [0, 0.05) is 9.85 Å². The fourth-order valence-electron chi connectivity index (χ4n) is 4.38. The summed E-state index contributed by atoms with van der Waals surface area (Å²) in [5, 5.41) is 27.4. The van der Waals surface area contributed by atoms with Crippen molar-refractivity contribution in [3.63, 3.8) is 0 Å². The monoisotopic (exact) mass is 415 g/mol. The fourth-order valence-corrected chi connectivity index (χ4v) is 4.38. The third-order valence-electron chi connectivity index (χ3n) is 5.92. The van der Waals surface area contributed by atoms with Gasteiger partial charge in [-0.25, -0.2) is 0 Å². The van der Waals surface area contributed by atoms with E-state index in [1.807, 2.05) is 0 Å². The van der Waals surface area contributed by atoms with Crippen molar-refractivity contribution in [3.05, 3.63) is 79.9 Å². The highest BCUT2D eigenvalue weighted by Crippen LogP contribution is 2.47. The van der Waals surface area contributed by atoms with Crippen molar-refractivity contribution in [2.45, 2.75) is 38.0 Å². The maximum atomic E-state index is 12.1. The van der Waals surface area contributed by atoms with E-state index in [-0.39, 0.29) is 0 Å². The summed E-state index contributed by atoms with van der Waals surface area (Å²) in [4.78, 5) is 23.3. The topological polar surface area (TPSA) is 117 Å². The van der Waals surface area contributed by atoms with Crippen LogP contribution in [-0.4, -0.2) is 36.1 Å². The highest BCUT2D eigenvalue weighted by molar-refractivity contribution is 5.34. The zero-order valence-corrected chi connectivity index (χ0v) is 17.3. The second-order valence-corrected chi connectivity index (χ2v) is 7.95. The van der Waals surface area contributed by atoms with Gasteiger partial charge in [0.25, 0.3) is 0 Å². The summed E-state index contributed by atoms with van der Waals surface area (Å²) in [5.74, 6) is 1.25. The van der Waals surface area contributed by atoms with Crippen LogP contribution in [0.3, 0.4) is 0 Å². The third-order valence-corrected chi connectivity index (χ3v) is 5.92. The summed E-state index contributed by atoms with van der Waals surface area (Å²) < 4.78 is 10.4. The van der Waals surface area contributed by atoms with Crippen LogP contribution >= 0.6 is 0 Å². The lowest BCUT2D eigenvalue weighted by Crippen LogP contribution is -2.63. The molecule has 1 N–H and O–H groups in total. The van der Waals surface area contributed by atoms with Crippen molar-refractivity contribution < 1.29 is 19.3 Å².